The second-order valence-corrected chi connectivity index (χ2v) is 8.95. The molecule has 3 aromatic rings. The average molecular weight is 473 g/mol. The van der Waals surface area contributed by atoms with Crippen LogP contribution in [0.3, 0.4) is 0 Å². The number of anilines is 1. The molecule has 1 aliphatic rings. The van der Waals surface area contributed by atoms with Gasteiger partial charge in [0.05, 0.1) is 5.92 Å². The fourth-order valence-electron chi connectivity index (χ4n) is 4.32. The number of ketones is 1. The largest absolute Gasteiger partial charge is 0.462 e. The molecule has 1 unspecified atom stereocenters. The summed E-state index contributed by atoms with van der Waals surface area (Å²) in [7, 11) is 0. The normalized spacial score (nSPS) is 15.9. The zero-order valence-corrected chi connectivity index (χ0v) is 20.0. The Hall–Kier alpha value is -3.48. The first kappa shape index (κ1) is 24.6. The number of piperazine rings is 1. The fraction of sp³-hybridized carbons (Fsp3) is 0.310. The van der Waals surface area contributed by atoms with Crippen molar-refractivity contribution in [1.82, 2.24) is 4.90 Å². The highest BCUT2D eigenvalue weighted by Crippen LogP contribution is 2.20. The Morgan fingerprint density at radius 1 is 0.857 bits per heavy atom. The van der Waals surface area contributed by atoms with Crippen molar-refractivity contribution in [3.05, 3.63) is 102 Å². The Morgan fingerprint density at radius 3 is 2.17 bits per heavy atom. The molecule has 1 aliphatic heterocycles. The van der Waals surface area contributed by atoms with Gasteiger partial charge in [0.15, 0.2) is 5.78 Å². The second-order valence-electron chi connectivity index (χ2n) is 8.95. The summed E-state index contributed by atoms with van der Waals surface area (Å²) in [6.07, 6.45) is -0.750. The number of β-amino-alcohol motifs (C(OH)–C–C–N with tert-alkyl or cyclic N) is 1. The SMILES string of the molecule is CC(C(=O)OC[C@H](O)CN1CCN(c2ccccc2)CC1)c1cccc(C(=O)c2ccccc2)c1. The van der Waals surface area contributed by atoms with Crippen molar-refractivity contribution < 1.29 is 19.4 Å². The van der Waals surface area contributed by atoms with E-state index < -0.39 is 18.0 Å². The molecule has 1 saturated heterocycles. The summed E-state index contributed by atoms with van der Waals surface area (Å²) in [4.78, 5) is 29.9. The molecule has 1 fully saturated rings. The van der Waals surface area contributed by atoms with Gasteiger partial charge in [-0.05, 0) is 30.7 Å². The number of para-hydroxylation sites is 1. The summed E-state index contributed by atoms with van der Waals surface area (Å²) in [5.41, 5.74) is 3.06. The Morgan fingerprint density at radius 2 is 1.49 bits per heavy atom. The number of ether oxygens (including phenoxy) is 1. The molecule has 6 nitrogen and oxygen atoms in total. The van der Waals surface area contributed by atoms with Crippen LogP contribution in [0.5, 0.6) is 0 Å². The van der Waals surface area contributed by atoms with Gasteiger partial charge in [-0.2, -0.15) is 0 Å². The smallest absolute Gasteiger partial charge is 0.313 e. The van der Waals surface area contributed by atoms with E-state index in [-0.39, 0.29) is 12.4 Å². The van der Waals surface area contributed by atoms with Gasteiger partial charge >= 0.3 is 5.97 Å². The van der Waals surface area contributed by atoms with E-state index in [2.05, 4.69) is 21.9 Å². The van der Waals surface area contributed by atoms with Crippen LogP contribution in [0, 0.1) is 0 Å². The number of rotatable bonds is 9. The molecule has 6 heteroatoms. The minimum atomic E-state index is -0.750. The predicted octanol–water partition coefficient (Wildman–Crippen LogP) is 3.75. The minimum absolute atomic E-state index is 0.0509. The monoisotopic (exact) mass is 472 g/mol. The van der Waals surface area contributed by atoms with Gasteiger partial charge in [-0.1, -0.05) is 66.7 Å². The Kier molecular flexibility index (Phi) is 8.29. The molecule has 0 radical (unpaired) electrons. The van der Waals surface area contributed by atoms with Crippen LogP contribution in [0.1, 0.15) is 34.3 Å². The van der Waals surface area contributed by atoms with Gasteiger partial charge in [0, 0.05) is 49.5 Å². The molecule has 1 heterocycles. The van der Waals surface area contributed by atoms with Gasteiger partial charge < -0.3 is 14.7 Å². The van der Waals surface area contributed by atoms with Crippen molar-refractivity contribution in [2.75, 3.05) is 44.2 Å². The first-order valence-electron chi connectivity index (χ1n) is 12.1. The molecule has 182 valence electrons. The first-order chi connectivity index (χ1) is 17.0. The number of nitrogens with zero attached hydrogens (tertiary/aromatic N) is 2. The summed E-state index contributed by atoms with van der Waals surface area (Å²) >= 11 is 0. The van der Waals surface area contributed by atoms with E-state index in [1.807, 2.05) is 42.5 Å². The topological polar surface area (TPSA) is 70.1 Å². The highest BCUT2D eigenvalue weighted by Gasteiger charge is 2.22. The van der Waals surface area contributed by atoms with E-state index in [9.17, 15) is 14.7 Å². The van der Waals surface area contributed by atoms with Crippen LogP contribution in [0.25, 0.3) is 0 Å². The van der Waals surface area contributed by atoms with E-state index >= 15 is 0 Å². The summed E-state index contributed by atoms with van der Waals surface area (Å²) < 4.78 is 5.43. The maximum Gasteiger partial charge on any atom is 0.313 e. The third-order valence-corrected chi connectivity index (χ3v) is 6.42. The molecule has 1 N–H and O–H groups in total. The van der Waals surface area contributed by atoms with Crippen LogP contribution in [0.2, 0.25) is 0 Å². The van der Waals surface area contributed by atoms with Crippen molar-refractivity contribution in [2.45, 2.75) is 18.9 Å². The van der Waals surface area contributed by atoms with E-state index in [1.54, 1.807) is 37.3 Å². The Bertz CT molecular complexity index is 1110. The number of aliphatic hydroxyl groups is 1. The summed E-state index contributed by atoms with van der Waals surface area (Å²) in [6, 6.07) is 26.5. The van der Waals surface area contributed by atoms with E-state index in [4.69, 9.17) is 4.74 Å². The molecule has 2 atom stereocenters. The molecule has 4 rings (SSSR count). The van der Waals surface area contributed by atoms with Crippen LogP contribution in [-0.4, -0.2) is 67.2 Å². The third-order valence-electron chi connectivity index (χ3n) is 6.42. The molecule has 0 amide bonds. The van der Waals surface area contributed by atoms with Crippen LogP contribution < -0.4 is 4.90 Å². The second kappa shape index (κ2) is 11.8. The number of carbonyl (C=O) groups is 2. The molecule has 0 aliphatic carbocycles. The molecule has 0 spiro atoms. The molecular formula is C29H32N2O4. The molecule has 0 aromatic heterocycles. The van der Waals surface area contributed by atoms with Gasteiger partial charge in [-0.15, -0.1) is 0 Å². The van der Waals surface area contributed by atoms with Crippen molar-refractivity contribution in [2.24, 2.45) is 0 Å². The standard InChI is InChI=1S/C29H32N2O4/c1-22(24-11-8-12-25(19-24)28(33)23-9-4-2-5-10-23)29(34)35-21-27(32)20-30-15-17-31(18-16-30)26-13-6-3-7-14-26/h2-14,19,22,27,32H,15-18,20-21H2,1H3/t22?,27-/m1/s1. The van der Waals surface area contributed by atoms with Crippen LogP contribution in [0.15, 0.2) is 84.9 Å². The lowest BCUT2D eigenvalue weighted by atomic mass is 9.96. The van der Waals surface area contributed by atoms with Crippen LogP contribution in [-0.2, 0) is 9.53 Å². The van der Waals surface area contributed by atoms with Crippen molar-refractivity contribution in [1.29, 1.82) is 0 Å². The lowest BCUT2D eigenvalue weighted by Crippen LogP contribution is -2.49. The Labute approximate surface area is 206 Å². The number of hydrogen-bond donors (Lipinski definition) is 1. The predicted molar refractivity (Wildman–Crippen MR) is 137 cm³/mol. The summed E-state index contributed by atoms with van der Waals surface area (Å²) in [5, 5.41) is 10.5. The van der Waals surface area contributed by atoms with Crippen molar-refractivity contribution >= 4 is 17.4 Å². The van der Waals surface area contributed by atoms with E-state index in [0.29, 0.717) is 23.2 Å². The maximum atomic E-state index is 12.7. The number of carbonyl (C=O) groups excluding carboxylic acids is 2. The fourth-order valence-corrected chi connectivity index (χ4v) is 4.32. The van der Waals surface area contributed by atoms with Crippen molar-refractivity contribution in [3.8, 4) is 0 Å². The van der Waals surface area contributed by atoms with E-state index in [0.717, 1.165) is 26.2 Å². The van der Waals surface area contributed by atoms with Gasteiger partial charge in [0.1, 0.15) is 12.7 Å². The van der Waals surface area contributed by atoms with E-state index in [1.165, 1.54) is 5.69 Å². The molecule has 0 bridgehead atoms. The lowest BCUT2D eigenvalue weighted by molar-refractivity contribution is -0.148. The number of benzene rings is 3. The highest BCUT2D eigenvalue weighted by atomic mass is 16.5. The third kappa shape index (κ3) is 6.56. The minimum Gasteiger partial charge on any atom is -0.462 e. The van der Waals surface area contributed by atoms with Gasteiger partial charge in [-0.3, -0.25) is 14.5 Å². The zero-order chi connectivity index (χ0) is 24.6. The summed E-state index contributed by atoms with van der Waals surface area (Å²) in [6.45, 7) is 5.65. The number of aliphatic hydroxyl groups excluding tert-OH is 1. The van der Waals surface area contributed by atoms with Crippen molar-refractivity contribution in [3.63, 3.8) is 0 Å². The molecule has 3 aromatic carbocycles. The van der Waals surface area contributed by atoms with Crippen LogP contribution in [0.4, 0.5) is 5.69 Å². The number of esters is 1. The van der Waals surface area contributed by atoms with Gasteiger partial charge in [-0.25, -0.2) is 0 Å². The Balaban J connectivity index is 1.24. The number of hydrogen-bond acceptors (Lipinski definition) is 6. The molecule has 35 heavy (non-hydrogen) atoms. The molecule has 0 saturated carbocycles. The molecular weight excluding hydrogens is 440 g/mol. The first-order valence-corrected chi connectivity index (χ1v) is 12.1. The quantitative estimate of drug-likeness (QED) is 0.378. The van der Waals surface area contributed by atoms with Gasteiger partial charge in [0.25, 0.3) is 0 Å². The average Bonchev–Trinajstić information content (AvgIpc) is 2.92. The highest BCUT2D eigenvalue weighted by molar-refractivity contribution is 6.09. The van der Waals surface area contributed by atoms with Crippen LogP contribution >= 0.6 is 0 Å². The lowest BCUT2D eigenvalue weighted by Gasteiger charge is -2.36. The van der Waals surface area contributed by atoms with Gasteiger partial charge in [0.2, 0.25) is 0 Å². The zero-order valence-electron chi connectivity index (χ0n) is 20.0. The summed E-state index contributed by atoms with van der Waals surface area (Å²) in [5.74, 6) is -1.04. The maximum absolute atomic E-state index is 12.7.